The molecule has 0 bridgehead atoms. The fourth-order valence-electron chi connectivity index (χ4n) is 9.77. The van der Waals surface area contributed by atoms with Crippen LogP contribution in [0.4, 0.5) is 0 Å². The highest BCUT2D eigenvalue weighted by molar-refractivity contribution is 5.91. The standard InChI is InChI=1S/C33H50O5.C2H6/c1-5-7-10-23(6-2)30(35)38-28-21-25-22-33(36-19-20-37-33)17-16-32(25,4)27-14-15-31(3)24(11-8-9-18-34)12-13-26(31)29(27)28;1-2/h5-7,10,24-29,34H,1,8-9,11-22H2,2-4H3;1-2H3/b10-7-,23-6+;/t24?,25-,26?,27?,28+,29?,31?,32?;/m0./s1. The van der Waals surface area contributed by atoms with E-state index in [9.17, 15) is 9.90 Å². The van der Waals surface area contributed by atoms with Gasteiger partial charge in [-0.05, 0) is 98.9 Å². The molecule has 1 heterocycles. The van der Waals surface area contributed by atoms with Gasteiger partial charge >= 0.3 is 5.97 Å². The minimum atomic E-state index is -0.429. The molecule has 5 rings (SSSR count). The molecule has 1 N–H and O–H groups in total. The molecule has 4 aliphatic carbocycles. The Bertz CT molecular complexity index is 932. The van der Waals surface area contributed by atoms with E-state index < -0.39 is 5.79 Å². The normalized spacial score (nSPS) is 40.1. The van der Waals surface area contributed by atoms with Gasteiger partial charge in [-0.2, -0.15) is 0 Å². The number of carbonyl (C=O) groups excluding carboxylic acids is 1. The molecule has 5 aliphatic rings. The van der Waals surface area contributed by atoms with Crippen molar-refractivity contribution in [2.24, 2.45) is 40.4 Å². The summed E-state index contributed by atoms with van der Waals surface area (Å²) in [7, 11) is 0. The van der Waals surface area contributed by atoms with Crippen LogP contribution in [0, 0.1) is 40.4 Å². The molecule has 0 amide bonds. The van der Waals surface area contributed by atoms with Gasteiger partial charge in [0, 0.05) is 25.4 Å². The van der Waals surface area contributed by atoms with Crippen molar-refractivity contribution < 1.29 is 24.1 Å². The Morgan fingerprint density at radius 1 is 1.02 bits per heavy atom. The fourth-order valence-corrected chi connectivity index (χ4v) is 9.77. The minimum absolute atomic E-state index is 0.0741. The summed E-state index contributed by atoms with van der Waals surface area (Å²) >= 11 is 0. The molecule has 5 heteroatoms. The van der Waals surface area contributed by atoms with Gasteiger partial charge in [0.2, 0.25) is 0 Å². The number of unbranched alkanes of at least 4 members (excludes halogenated alkanes) is 1. The van der Waals surface area contributed by atoms with E-state index in [1.165, 1.54) is 32.1 Å². The molecule has 0 aromatic rings. The third-order valence-electron chi connectivity index (χ3n) is 11.8. The van der Waals surface area contributed by atoms with Crippen LogP contribution in [0.3, 0.4) is 0 Å². The van der Waals surface area contributed by atoms with E-state index in [2.05, 4.69) is 20.4 Å². The first-order valence-electron chi connectivity index (χ1n) is 16.4. The molecule has 5 fully saturated rings. The number of allylic oxidation sites excluding steroid dienone is 3. The molecule has 40 heavy (non-hydrogen) atoms. The van der Waals surface area contributed by atoms with E-state index in [1.54, 1.807) is 6.08 Å². The Kier molecular flexibility index (Phi) is 10.4. The molecule has 5 nitrogen and oxygen atoms in total. The first kappa shape index (κ1) is 31.5. The molecule has 8 atom stereocenters. The molecule has 1 saturated heterocycles. The van der Waals surface area contributed by atoms with Crippen molar-refractivity contribution in [2.75, 3.05) is 19.8 Å². The average Bonchev–Trinajstić information content (AvgIpc) is 3.55. The van der Waals surface area contributed by atoms with E-state index in [1.807, 2.05) is 39.0 Å². The van der Waals surface area contributed by atoms with Gasteiger partial charge in [0.25, 0.3) is 0 Å². The van der Waals surface area contributed by atoms with Crippen molar-refractivity contribution in [3.05, 3.63) is 36.5 Å². The molecule has 0 radical (unpaired) electrons. The summed E-state index contributed by atoms with van der Waals surface area (Å²) < 4.78 is 18.9. The zero-order chi connectivity index (χ0) is 29.0. The molecule has 226 valence electrons. The number of hydrogen-bond acceptors (Lipinski definition) is 5. The summed E-state index contributed by atoms with van der Waals surface area (Å²) in [6.45, 7) is 16.4. The first-order chi connectivity index (χ1) is 19.3. The van der Waals surface area contributed by atoms with Gasteiger partial charge < -0.3 is 19.3 Å². The third kappa shape index (κ3) is 5.77. The van der Waals surface area contributed by atoms with Gasteiger partial charge in [0.05, 0.1) is 18.8 Å². The Hall–Kier alpha value is -1.43. The fraction of sp³-hybridized carbons (Fsp3) is 0.800. The molecular formula is C35H56O5. The van der Waals surface area contributed by atoms with Crippen molar-refractivity contribution in [3.63, 3.8) is 0 Å². The van der Waals surface area contributed by atoms with Crippen LogP contribution >= 0.6 is 0 Å². The summed E-state index contributed by atoms with van der Waals surface area (Å²) in [5.41, 5.74) is 1.13. The van der Waals surface area contributed by atoms with Crippen LogP contribution in [0.25, 0.3) is 0 Å². The van der Waals surface area contributed by atoms with Gasteiger partial charge in [-0.1, -0.05) is 58.9 Å². The summed E-state index contributed by atoms with van der Waals surface area (Å²) in [6.07, 6.45) is 19.2. The number of esters is 1. The number of fused-ring (bicyclic) bond motifs is 5. The van der Waals surface area contributed by atoms with Gasteiger partial charge in [-0.15, -0.1) is 0 Å². The lowest BCUT2D eigenvalue weighted by Crippen LogP contribution is -2.60. The second-order valence-corrected chi connectivity index (χ2v) is 13.4. The van der Waals surface area contributed by atoms with E-state index >= 15 is 0 Å². The molecule has 1 spiro atoms. The molecular weight excluding hydrogens is 500 g/mol. The number of ether oxygens (including phenoxy) is 3. The van der Waals surface area contributed by atoms with Crippen LogP contribution in [0.15, 0.2) is 36.5 Å². The molecule has 1 aliphatic heterocycles. The highest BCUT2D eigenvalue weighted by atomic mass is 16.7. The zero-order valence-electron chi connectivity index (χ0n) is 26.0. The topological polar surface area (TPSA) is 65.0 Å². The van der Waals surface area contributed by atoms with Crippen molar-refractivity contribution in [3.8, 4) is 0 Å². The maximum absolute atomic E-state index is 13.5. The number of rotatable bonds is 8. The minimum Gasteiger partial charge on any atom is -0.458 e. The lowest BCUT2D eigenvalue weighted by Gasteiger charge is -2.63. The SMILES string of the molecule is C=C/C=C\C(=C/C)C(=O)O[C@@H]1C[C@H]2CC3(CCC2(C)C2CCC4(C)C(CCCCO)CCC4C21)OCCO3.CC. The van der Waals surface area contributed by atoms with E-state index in [-0.39, 0.29) is 24.1 Å². The van der Waals surface area contributed by atoms with Crippen LogP contribution in [0.5, 0.6) is 0 Å². The average molecular weight is 557 g/mol. The van der Waals surface area contributed by atoms with Crippen molar-refractivity contribution in [1.29, 1.82) is 0 Å². The quantitative estimate of drug-likeness (QED) is 0.143. The molecule has 0 aromatic heterocycles. The second kappa shape index (κ2) is 13.3. The number of carbonyl (C=O) groups is 1. The Morgan fingerprint density at radius 2 is 1.75 bits per heavy atom. The maximum atomic E-state index is 13.5. The predicted molar refractivity (Wildman–Crippen MR) is 160 cm³/mol. The van der Waals surface area contributed by atoms with E-state index in [0.717, 1.165) is 38.5 Å². The Balaban J connectivity index is 0.00000181. The summed E-state index contributed by atoms with van der Waals surface area (Å²) in [5.74, 6) is 2.05. The highest BCUT2D eigenvalue weighted by Gasteiger charge is 2.65. The second-order valence-electron chi connectivity index (χ2n) is 13.4. The van der Waals surface area contributed by atoms with E-state index in [4.69, 9.17) is 14.2 Å². The first-order valence-corrected chi connectivity index (χ1v) is 16.4. The Morgan fingerprint density at radius 3 is 2.42 bits per heavy atom. The number of aliphatic hydroxyl groups excluding tert-OH is 1. The monoisotopic (exact) mass is 556 g/mol. The van der Waals surface area contributed by atoms with E-state index in [0.29, 0.717) is 53.8 Å². The molecule has 0 aromatic carbocycles. The summed E-state index contributed by atoms with van der Waals surface area (Å²) in [6, 6.07) is 0. The Labute approximate surface area is 243 Å². The van der Waals surface area contributed by atoms with Gasteiger partial charge in [0.1, 0.15) is 6.10 Å². The number of aliphatic hydroxyl groups is 1. The third-order valence-corrected chi connectivity index (χ3v) is 11.8. The van der Waals surface area contributed by atoms with Crippen LogP contribution < -0.4 is 0 Å². The van der Waals surface area contributed by atoms with Crippen LogP contribution in [-0.2, 0) is 19.0 Å². The van der Waals surface area contributed by atoms with Crippen LogP contribution in [0.1, 0.15) is 105 Å². The van der Waals surface area contributed by atoms with Crippen LogP contribution in [-0.4, -0.2) is 42.8 Å². The van der Waals surface area contributed by atoms with Crippen molar-refractivity contribution in [1.82, 2.24) is 0 Å². The van der Waals surface area contributed by atoms with Gasteiger partial charge in [-0.3, -0.25) is 0 Å². The smallest absolute Gasteiger partial charge is 0.338 e. The number of hydrogen-bond donors (Lipinski definition) is 1. The lowest BCUT2D eigenvalue weighted by molar-refractivity contribution is -0.245. The maximum Gasteiger partial charge on any atom is 0.338 e. The largest absolute Gasteiger partial charge is 0.458 e. The zero-order valence-corrected chi connectivity index (χ0v) is 26.0. The van der Waals surface area contributed by atoms with Crippen molar-refractivity contribution in [2.45, 2.75) is 117 Å². The summed E-state index contributed by atoms with van der Waals surface area (Å²) in [5, 5.41) is 9.36. The summed E-state index contributed by atoms with van der Waals surface area (Å²) in [4.78, 5) is 13.5. The van der Waals surface area contributed by atoms with Crippen LogP contribution in [0.2, 0.25) is 0 Å². The lowest BCUT2D eigenvalue weighted by atomic mass is 9.43. The highest BCUT2D eigenvalue weighted by Crippen LogP contribution is 2.69. The van der Waals surface area contributed by atoms with Gasteiger partial charge in [0.15, 0.2) is 5.79 Å². The van der Waals surface area contributed by atoms with Crippen molar-refractivity contribution >= 4 is 5.97 Å². The molecule has 4 saturated carbocycles. The predicted octanol–water partition coefficient (Wildman–Crippen LogP) is 7.79. The molecule has 6 unspecified atom stereocenters. The van der Waals surface area contributed by atoms with Gasteiger partial charge in [-0.25, -0.2) is 4.79 Å².